The van der Waals surface area contributed by atoms with Gasteiger partial charge < -0.3 is 20.1 Å². The molecule has 1 saturated carbocycles. The zero-order valence-corrected chi connectivity index (χ0v) is 17.9. The van der Waals surface area contributed by atoms with Crippen molar-refractivity contribution in [2.24, 2.45) is 0 Å². The van der Waals surface area contributed by atoms with E-state index in [9.17, 15) is 13.2 Å². The number of nitrogens with one attached hydrogen (secondary N) is 2. The molecule has 0 aliphatic heterocycles. The van der Waals surface area contributed by atoms with Crippen molar-refractivity contribution in [2.75, 3.05) is 19.5 Å². The fourth-order valence-corrected chi connectivity index (χ4v) is 5.58. The van der Waals surface area contributed by atoms with Crippen LogP contribution in [0.25, 0.3) is 0 Å². The van der Waals surface area contributed by atoms with Gasteiger partial charge in [-0.1, -0.05) is 6.07 Å². The van der Waals surface area contributed by atoms with Crippen molar-refractivity contribution in [1.29, 1.82) is 0 Å². The number of methoxy groups -OCH3 is 2. The highest BCUT2D eigenvalue weighted by Crippen LogP contribution is 2.32. The topological polar surface area (TPSA) is 107 Å². The van der Waals surface area contributed by atoms with Gasteiger partial charge in [0.15, 0.2) is 9.84 Å². The number of amides is 2. The van der Waals surface area contributed by atoms with E-state index in [-0.39, 0.29) is 17.0 Å². The number of rotatable bonds is 7. The van der Waals surface area contributed by atoms with E-state index in [4.69, 9.17) is 9.47 Å². The monoisotopic (exact) mass is 433 g/mol. The molecule has 1 fully saturated rings. The van der Waals surface area contributed by atoms with Crippen LogP contribution in [0, 0.1) is 0 Å². The van der Waals surface area contributed by atoms with Crippen molar-refractivity contribution in [2.45, 2.75) is 48.2 Å². The summed E-state index contributed by atoms with van der Waals surface area (Å²) in [6, 6.07) is 9.47. The molecular weight excluding hydrogens is 406 g/mol. The van der Waals surface area contributed by atoms with Crippen LogP contribution in [0.5, 0.6) is 0 Å². The Kier molecular flexibility index (Phi) is 7.41. The molecule has 3 rings (SSSR count). The molecule has 8 nitrogen and oxygen atoms in total. The SMILES string of the molecule is COC1CCC(S(=O)(=O)c2ccc(NC(=O)NCc3cccnc3)cc2)C(OC)C1. The summed E-state index contributed by atoms with van der Waals surface area (Å²) >= 11 is 0. The second-order valence-electron chi connectivity index (χ2n) is 7.22. The highest BCUT2D eigenvalue weighted by molar-refractivity contribution is 7.92. The smallest absolute Gasteiger partial charge is 0.319 e. The maximum atomic E-state index is 13.1. The zero-order chi connectivity index (χ0) is 21.6. The van der Waals surface area contributed by atoms with Crippen molar-refractivity contribution in [3.8, 4) is 0 Å². The fraction of sp³-hybridized carbons (Fsp3) is 0.429. The maximum absolute atomic E-state index is 13.1. The van der Waals surface area contributed by atoms with Crippen LogP contribution >= 0.6 is 0 Å². The standard InChI is InChI=1S/C21H27N3O5S/c1-28-17-7-10-20(19(12-17)29-2)30(26,27)18-8-5-16(6-9-18)24-21(25)23-14-15-4-3-11-22-13-15/h3-6,8-9,11,13,17,19-20H,7,10,12,14H2,1-2H3,(H2,23,24,25). The molecule has 1 aliphatic rings. The Labute approximate surface area is 176 Å². The summed E-state index contributed by atoms with van der Waals surface area (Å²) in [5, 5.41) is 4.81. The Bertz CT molecular complexity index is 935. The van der Waals surface area contributed by atoms with Crippen LogP contribution in [0.15, 0.2) is 53.7 Å². The van der Waals surface area contributed by atoms with Crippen LogP contribution < -0.4 is 10.6 Å². The number of sulfone groups is 1. The molecule has 0 saturated heterocycles. The van der Waals surface area contributed by atoms with Crippen LogP contribution in [0.1, 0.15) is 24.8 Å². The number of carbonyl (C=O) groups excluding carboxylic acids is 1. The minimum absolute atomic E-state index is 0.0122. The number of aromatic nitrogens is 1. The first-order chi connectivity index (χ1) is 14.4. The molecule has 1 aromatic heterocycles. The minimum Gasteiger partial charge on any atom is -0.381 e. The van der Waals surface area contributed by atoms with Crippen molar-refractivity contribution in [1.82, 2.24) is 10.3 Å². The van der Waals surface area contributed by atoms with Gasteiger partial charge in [-0.25, -0.2) is 13.2 Å². The average molecular weight is 434 g/mol. The molecule has 9 heteroatoms. The third-order valence-electron chi connectivity index (χ3n) is 5.33. The van der Waals surface area contributed by atoms with Crippen molar-refractivity contribution >= 4 is 21.6 Å². The van der Waals surface area contributed by atoms with Crippen LogP contribution in [0.3, 0.4) is 0 Å². The molecule has 30 heavy (non-hydrogen) atoms. The van der Waals surface area contributed by atoms with E-state index >= 15 is 0 Å². The second-order valence-corrected chi connectivity index (χ2v) is 9.39. The van der Waals surface area contributed by atoms with Gasteiger partial charge in [-0.3, -0.25) is 4.98 Å². The van der Waals surface area contributed by atoms with Crippen LogP contribution in [0.2, 0.25) is 0 Å². The predicted molar refractivity (Wildman–Crippen MR) is 113 cm³/mol. The summed E-state index contributed by atoms with van der Waals surface area (Å²) in [5.41, 5.74) is 1.38. The van der Waals surface area contributed by atoms with Gasteiger partial charge in [-0.15, -0.1) is 0 Å². The van der Waals surface area contributed by atoms with Gasteiger partial charge in [-0.2, -0.15) is 0 Å². The molecular formula is C21H27N3O5S. The quantitative estimate of drug-likeness (QED) is 0.695. The molecule has 162 valence electrons. The van der Waals surface area contributed by atoms with Gasteiger partial charge >= 0.3 is 6.03 Å². The number of nitrogens with zero attached hydrogens (tertiary/aromatic N) is 1. The molecule has 3 unspecified atom stereocenters. The van der Waals surface area contributed by atoms with Gasteiger partial charge in [0.2, 0.25) is 0 Å². The molecule has 0 bridgehead atoms. The molecule has 3 atom stereocenters. The number of benzene rings is 1. The minimum atomic E-state index is -3.56. The number of pyridine rings is 1. The Morgan fingerprint density at radius 1 is 1.13 bits per heavy atom. The van der Waals surface area contributed by atoms with E-state index in [0.29, 0.717) is 31.5 Å². The Hall–Kier alpha value is -2.49. The molecule has 0 radical (unpaired) electrons. The lowest BCUT2D eigenvalue weighted by molar-refractivity contribution is -0.00702. The predicted octanol–water partition coefficient (Wildman–Crippen LogP) is 2.76. The number of ether oxygens (including phenoxy) is 2. The zero-order valence-electron chi connectivity index (χ0n) is 17.1. The summed E-state index contributed by atoms with van der Waals surface area (Å²) in [6.45, 7) is 0.342. The maximum Gasteiger partial charge on any atom is 0.319 e. The number of hydrogen-bond donors (Lipinski definition) is 2. The van der Waals surface area contributed by atoms with E-state index in [1.54, 1.807) is 37.7 Å². The number of anilines is 1. The van der Waals surface area contributed by atoms with E-state index in [2.05, 4.69) is 15.6 Å². The van der Waals surface area contributed by atoms with Crippen molar-refractivity contribution < 1.29 is 22.7 Å². The van der Waals surface area contributed by atoms with Gasteiger partial charge in [0, 0.05) is 45.3 Å². The lowest BCUT2D eigenvalue weighted by Gasteiger charge is -2.34. The summed E-state index contributed by atoms with van der Waals surface area (Å²) in [6.07, 6.45) is 4.65. The lowest BCUT2D eigenvalue weighted by Crippen LogP contribution is -2.42. The first-order valence-corrected chi connectivity index (χ1v) is 11.3. The van der Waals surface area contributed by atoms with Crippen molar-refractivity contribution in [3.63, 3.8) is 0 Å². The largest absolute Gasteiger partial charge is 0.381 e. The summed E-state index contributed by atoms with van der Waals surface area (Å²) in [7, 11) is -0.402. The van der Waals surface area contributed by atoms with Crippen molar-refractivity contribution in [3.05, 3.63) is 54.4 Å². The summed E-state index contributed by atoms with van der Waals surface area (Å²) < 4.78 is 37.1. The Morgan fingerprint density at radius 2 is 1.90 bits per heavy atom. The average Bonchev–Trinajstić information content (AvgIpc) is 2.78. The fourth-order valence-electron chi connectivity index (χ4n) is 3.64. The third kappa shape index (κ3) is 5.35. The van der Waals surface area contributed by atoms with Crippen LogP contribution in [-0.2, 0) is 25.9 Å². The van der Waals surface area contributed by atoms with Crippen LogP contribution in [0.4, 0.5) is 10.5 Å². The summed E-state index contributed by atoms with van der Waals surface area (Å²) in [5.74, 6) is 0. The number of carbonyl (C=O) groups is 1. The lowest BCUT2D eigenvalue weighted by atomic mass is 9.94. The van der Waals surface area contributed by atoms with Crippen LogP contribution in [-0.4, -0.2) is 51.1 Å². The van der Waals surface area contributed by atoms with Gasteiger partial charge in [0.1, 0.15) is 0 Å². The number of urea groups is 1. The molecule has 1 aromatic carbocycles. The van der Waals surface area contributed by atoms with E-state index < -0.39 is 21.2 Å². The first-order valence-electron chi connectivity index (χ1n) is 9.77. The van der Waals surface area contributed by atoms with E-state index in [0.717, 1.165) is 5.56 Å². The highest BCUT2D eigenvalue weighted by atomic mass is 32.2. The molecule has 2 aromatic rings. The van der Waals surface area contributed by atoms with E-state index in [1.165, 1.54) is 19.2 Å². The molecule has 1 heterocycles. The van der Waals surface area contributed by atoms with E-state index in [1.807, 2.05) is 6.07 Å². The van der Waals surface area contributed by atoms with Gasteiger partial charge in [0.25, 0.3) is 0 Å². The number of hydrogen-bond acceptors (Lipinski definition) is 6. The molecule has 2 amide bonds. The highest BCUT2D eigenvalue weighted by Gasteiger charge is 2.39. The first kappa shape index (κ1) is 22.2. The molecule has 2 N–H and O–H groups in total. The Balaban J connectivity index is 1.62. The summed E-state index contributed by atoms with van der Waals surface area (Å²) in [4.78, 5) is 16.3. The second kappa shape index (κ2) is 10.0. The Morgan fingerprint density at radius 3 is 2.53 bits per heavy atom. The normalized spacial score (nSPS) is 21.7. The molecule has 1 aliphatic carbocycles. The molecule has 0 spiro atoms. The van der Waals surface area contributed by atoms with Gasteiger partial charge in [-0.05, 0) is 48.7 Å². The third-order valence-corrected chi connectivity index (χ3v) is 7.60. The van der Waals surface area contributed by atoms with Gasteiger partial charge in [0.05, 0.1) is 22.4 Å².